The summed E-state index contributed by atoms with van der Waals surface area (Å²) in [5.74, 6) is 0.947. The van der Waals surface area contributed by atoms with Gasteiger partial charge < -0.3 is 14.8 Å². The van der Waals surface area contributed by atoms with Crippen LogP contribution in [0.4, 0.5) is 5.00 Å². The molecule has 6 nitrogen and oxygen atoms in total. The highest BCUT2D eigenvalue weighted by molar-refractivity contribution is 7.22. The lowest BCUT2D eigenvalue weighted by Crippen LogP contribution is -2.35. The first-order valence-electron chi connectivity index (χ1n) is 11.3. The molecule has 2 aromatic heterocycles. The normalized spacial score (nSPS) is 13.8. The van der Waals surface area contributed by atoms with Crippen molar-refractivity contribution in [3.63, 3.8) is 0 Å². The summed E-state index contributed by atoms with van der Waals surface area (Å²) in [5.41, 5.74) is 3.36. The van der Waals surface area contributed by atoms with Crippen LogP contribution in [0.15, 0.2) is 48.5 Å². The van der Waals surface area contributed by atoms with Crippen LogP contribution in [-0.2, 0) is 17.8 Å². The minimum Gasteiger partial charge on any atom is -0.493 e. The fourth-order valence-corrected chi connectivity index (χ4v) is 6.60. The van der Waals surface area contributed by atoms with Gasteiger partial charge >= 0.3 is 0 Å². The van der Waals surface area contributed by atoms with Crippen LogP contribution in [0.5, 0.6) is 11.5 Å². The van der Waals surface area contributed by atoms with E-state index in [4.69, 9.17) is 14.5 Å². The van der Waals surface area contributed by atoms with E-state index in [2.05, 4.69) is 30.1 Å². The Labute approximate surface area is 207 Å². The van der Waals surface area contributed by atoms with Crippen LogP contribution < -0.4 is 14.8 Å². The highest BCUT2D eigenvalue weighted by Crippen LogP contribution is 2.45. The minimum absolute atomic E-state index is 0.0969. The number of rotatable bonds is 7. The molecule has 0 unspecified atom stereocenters. The third-order valence-electron chi connectivity index (χ3n) is 6.01. The molecule has 2 aromatic carbocycles. The van der Waals surface area contributed by atoms with E-state index in [0.717, 1.165) is 45.3 Å². The lowest BCUT2D eigenvalue weighted by molar-refractivity contribution is -0.118. The Morgan fingerprint density at radius 3 is 2.65 bits per heavy atom. The van der Waals surface area contributed by atoms with Crippen molar-refractivity contribution in [2.45, 2.75) is 32.9 Å². The molecule has 0 saturated carbocycles. The fourth-order valence-electron chi connectivity index (χ4n) is 4.20. The van der Waals surface area contributed by atoms with Gasteiger partial charge in [0.1, 0.15) is 10.0 Å². The van der Waals surface area contributed by atoms with Gasteiger partial charge in [-0.05, 0) is 50.1 Å². The number of carbonyl (C=O) groups is 1. The fraction of sp³-hybridized carbons (Fsp3) is 0.308. The highest BCUT2D eigenvalue weighted by Gasteiger charge is 2.28. The van der Waals surface area contributed by atoms with Gasteiger partial charge in [-0.1, -0.05) is 24.3 Å². The van der Waals surface area contributed by atoms with Crippen LogP contribution in [0, 0.1) is 0 Å². The van der Waals surface area contributed by atoms with Gasteiger partial charge in [0.15, 0.2) is 18.1 Å². The summed E-state index contributed by atoms with van der Waals surface area (Å²) in [4.78, 5) is 21.6. The Balaban J connectivity index is 1.44. The van der Waals surface area contributed by atoms with Crippen molar-refractivity contribution in [2.75, 3.05) is 25.6 Å². The third kappa shape index (κ3) is 4.53. The van der Waals surface area contributed by atoms with Gasteiger partial charge in [0.2, 0.25) is 0 Å². The van der Waals surface area contributed by atoms with Gasteiger partial charge in [0, 0.05) is 29.6 Å². The number of benzene rings is 2. The maximum absolute atomic E-state index is 12.9. The summed E-state index contributed by atoms with van der Waals surface area (Å²) in [7, 11) is 1.59. The van der Waals surface area contributed by atoms with Gasteiger partial charge in [-0.3, -0.25) is 9.69 Å². The number of fused-ring (bicyclic) bond motifs is 2. The topological polar surface area (TPSA) is 63.7 Å². The Hall–Kier alpha value is -2.94. The molecule has 0 fully saturated rings. The van der Waals surface area contributed by atoms with Crippen molar-refractivity contribution in [3.05, 3.63) is 59.0 Å². The van der Waals surface area contributed by atoms with Gasteiger partial charge in [-0.25, -0.2) is 4.98 Å². The Bertz CT molecular complexity index is 1300. The summed E-state index contributed by atoms with van der Waals surface area (Å²) in [6.07, 6.45) is 0.947. The molecule has 0 radical (unpaired) electrons. The molecule has 0 bridgehead atoms. The first-order valence-corrected chi connectivity index (χ1v) is 13.0. The zero-order chi connectivity index (χ0) is 23.7. The number of thiophene rings is 1. The van der Waals surface area contributed by atoms with Crippen LogP contribution in [0.3, 0.4) is 0 Å². The van der Waals surface area contributed by atoms with Crippen LogP contribution in [0.2, 0.25) is 0 Å². The van der Waals surface area contributed by atoms with Crippen LogP contribution >= 0.6 is 22.7 Å². The molecule has 0 aliphatic carbocycles. The number of para-hydroxylation sites is 3. The lowest BCUT2D eigenvalue weighted by Gasteiger charge is -2.30. The van der Waals surface area contributed by atoms with Crippen LogP contribution in [0.1, 0.15) is 24.3 Å². The smallest absolute Gasteiger partial charge is 0.262 e. The van der Waals surface area contributed by atoms with Crippen molar-refractivity contribution in [1.82, 2.24) is 9.88 Å². The van der Waals surface area contributed by atoms with E-state index in [0.29, 0.717) is 17.5 Å². The average molecular weight is 494 g/mol. The van der Waals surface area contributed by atoms with E-state index in [-0.39, 0.29) is 12.5 Å². The van der Waals surface area contributed by atoms with E-state index < -0.39 is 0 Å². The molecule has 4 aromatic rings. The number of amides is 1. The van der Waals surface area contributed by atoms with Crippen molar-refractivity contribution in [3.8, 4) is 22.1 Å². The van der Waals surface area contributed by atoms with Crippen molar-refractivity contribution in [1.29, 1.82) is 0 Å². The molecule has 1 amide bonds. The summed E-state index contributed by atoms with van der Waals surface area (Å²) in [6, 6.07) is 16.0. The molecular weight excluding hydrogens is 466 g/mol. The standard InChI is InChI=1S/C26H27N3O3S2/c1-16(2)29-13-12-17-22(14-29)34-26(24(17)25-27-18-8-4-7-11-21(18)33-25)28-23(30)15-32-20-10-6-5-9-19(20)31-3/h4-11,16H,12-15H2,1-3H3,(H,28,30). The quantitative estimate of drug-likeness (QED) is 0.352. The molecule has 0 atom stereocenters. The second-order valence-corrected chi connectivity index (χ2v) is 10.6. The molecule has 1 N–H and O–H groups in total. The maximum Gasteiger partial charge on any atom is 0.262 e. The molecule has 34 heavy (non-hydrogen) atoms. The average Bonchev–Trinajstić information content (AvgIpc) is 3.42. The minimum atomic E-state index is -0.201. The Morgan fingerprint density at radius 2 is 1.88 bits per heavy atom. The molecule has 0 spiro atoms. The molecule has 5 rings (SSSR count). The number of ether oxygens (including phenoxy) is 2. The first-order chi connectivity index (χ1) is 16.5. The summed E-state index contributed by atoms with van der Waals surface area (Å²) in [5, 5.41) is 4.93. The van der Waals surface area contributed by atoms with E-state index in [9.17, 15) is 4.79 Å². The first kappa shape index (κ1) is 22.8. The number of thiazole rings is 1. The highest BCUT2D eigenvalue weighted by atomic mass is 32.1. The van der Waals surface area contributed by atoms with Crippen molar-refractivity contribution < 1.29 is 14.3 Å². The van der Waals surface area contributed by atoms with E-state index in [1.165, 1.54) is 10.4 Å². The number of carbonyl (C=O) groups excluding carboxylic acids is 1. The Morgan fingerprint density at radius 1 is 1.12 bits per heavy atom. The SMILES string of the molecule is COc1ccccc1OCC(=O)Nc1sc2c(c1-c1nc3ccccc3s1)CCN(C(C)C)C2. The maximum atomic E-state index is 12.9. The van der Waals surface area contributed by atoms with Crippen LogP contribution in [0.25, 0.3) is 20.8 Å². The molecular formula is C26H27N3O3S2. The summed E-state index contributed by atoms with van der Waals surface area (Å²) < 4.78 is 12.2. The number of anilines is 1. The van der Waals surface area contributed by atoms with Crippen molar-refractivity contribution >= 4 is 43.8 Å². The molecule has 1 aliphatic heterocycles. The lowest BCUT2D eigenvalue weighted by atomic mass is 10.0. The second kappa shape index (κ2) is 9.74. The van der Waals surface area contributed by atoms with Gasteiger partial charge in [0.25, 0.3) is 5.91 Å². The summed E-state index contributed by atoms with van der Waals surface area (Å²) >= 11 is 3.33. The van der Waals surface area contributed by atoms with E-state index in [1.54, 1.807) is 35.8 Å². The largest absolute Gasteiger partial charge is 0.493 e. The number of hydrogen-bond donors (Lipinski definition) is 1. The van der Waals surface area contributed by atoms with Gasteiger partial charge in [-0.2, -0.15) is 0 Å². The van der Waals surface area contributed by atoms with Crippen LogP contribution in [-0.4, -0.2) is 42.1 Å². The molecule has 1 aliphatic rings. The third-order valence-corrected chi connectivity index (χ3v) is 8.19. The molecule has 0 saturated heterocycles. The monoisotopic (exact) mass is 493 g/mol. The van der Waals surface area contributed by atoms with Gasteiger partial charge in [-0.15, -0.1) is 22.7 Å². The second-order valence-electron chi connectivity index (χ2n) is 8.50. The number of nitrogens with zero attached hydrogens (tertiary/aromatic N) is 2. The molecule has 3 heterocycles. The number of aromatic nitrogens is 1. The van der Waals surface area contributed by atoms with E-state index >= 15 is 0 Å². The van der Waals surface area contributed by atoms with E-state index in [1.807, 2.05) is 36.4 Å². The zero-order valence-corrected chi connectivity index (χ0v) is 21.1. The number of hydrogen-bond acceptors (Lipinski definition) is 7. The predicted octanol–water partition coefficient (Wildman–Crippen LogP) is 5.82. The predicted molar refractivity (Wildman–Crippen MR) is 139 cm³/mol. The van der Waals surface area contributed by atoms with Gasteiger partial charge in [0.05, 0.1) is 17.3 Å². The number of nitrogens with one attached hydrogen (secondary N) is 1. The molecule has 176 valence electrons. The zero-order valence-electron chi connectivity index (χ0n) is 19.5. The molecule has 8 heteroatoms. The van der Waals surface area contributed by atoms with Crippen molar-refractivity contribution in [2.24, 2.45) is 0 Å². The Kier molecular flexibility index (Phi) is 6.54. The summed E-state index contributed by atoms with van der Waals surface area (Å²) in [6.45, 7) is 6.25. The number of methoxy groups -OCH3 is 1.